The van der Waals surface area contributed by atoms with Crippen LogP contribution in [0.2, 0.25) is 5.02 Å². The summed E-state index contributed by atoms with van der Waals surface area (Å²) in [5, 5.41) is 4.44. The number of halogens is 2. The van der Waals surface area contributed by atoms with Crippen LogP contribution in [0, 0.1) is 5.41 Å². The Labute approximate surface area is 218 Å². The van der Waals surface area contributed by atoms with Crippen LogP contribution < -0.4 is 5.32 Å². The van der Waals surface area contributed by atoms with Gasteiger partial charge in [0, 0.05) is 21.0 Å². The topological polar surface area (TPSA) is 68.3 Å². The van der Waals surface area contributed by atoms with Crippen LogP contribution in [0.4, 0.5) is 0 Å². The highest BCUT2D eigenvalue weighted by Gasteiger charge is 2.51. The van der Waals surface area contributed by atoms with Crippen LogP contribution in [0.15, 0.2) is 53.0 Å². The fourth-order valence-corrected chi connectivity index (χ4v) is 6.48. The van der Waals surface area contributed by atoms with Crippen molar-refractivity contribution < 1.29 is 14.3 Å². The molecule has 0 spiro atoms. The summed E-state index contributed by atoms with van der Waals surface area (Å²) in [4.78, 5) is 31.5. The second-order valence-corrected chi connectivity index (χ2v) is 11.1. The first-order valence-electron chi connectivity index (χ1n) is 12.2. The van der Waals surface area contributed by atoms with Crippen molar-refractivity contribution in [2.75, 3.05) is 6.61 Å². The molecule has 0 saturated heterocycles. The van der Waals surface area contributed by atoms with E-state index in [1.807, 2.05) is 55.5 Å². The van der Waals surface area contributed by atoms with Crippen LogP contribution in [-0.4, -0.2) is 29.0 Å². The lowest BCUT2D eigenvalue weighted by Gasteiger charge is -2.42. The summed E-state index contributed by atoms with van der Waals surface area (Å²) in [6.45, 7) is 2.25. The molecule has 3 aromatic rings. The van der Waals surface area contributed by atoms with Crippen molar-refractivity contribution in [3.8, 4) is 11.3 Å². The van der Waals surface area contributed by atoms with Crippen LogP contribution >= 0.6 is 27.5 Å². The zero-order valence-electron chi connectivity index (χ0n) is 19.7. The third-order valence-electron chi connectivity index (χ3n) is 7.72. The number of ether oxygens (including phenoxy) is 1. The molecule has 3 aliphatic carbocycles. The first kappa shape index (κ1) is 24.3. The molecule has 1 heterocycles. The first-order valence-corrected chi connectivity index (χ1v) is 13.4. The third kappa shape index (κ3) is 4.47. The fraction of sp³-hybridized carbons (Fsp3) is 0.393. The van der Waals surface area contributed by atoms with Gasteiger partial charge in [0.2, 0.25) is 0 Å². The van der Waals surface area contributed by atoms with E-state index >= 15 is 0 Å². The second-order valence-electron chi connectivity index (χ2n) is 9.77. The van der Waals surface area contributed by atoms with Crippen molar-refractivity contribution in [1.82, 2.24) is 10.3 Å². The van der Waals surface area contributed by atoms with Crippen molar-refractivity contribution >= 4 is 50.3 Å². The molecule has 182 valence electrons. The fourth-order valence-electron chi connectivity index (χ4n) is 5.77. The van der Waals surface area contributed by atoms with Gasteiger partial charge in [-0.2, -0.15) is 0 Å². The lowest BCUT2D eigenvalue weighted by atomic mass is 9.68. The summed E-state index contributed by atoms with van der Waals surface area (Å²) in [6, 6.07) is 15.4. The van der Waals surface area contributed by atoms with Crippen molar-refractivity contribution in [2.24, 2.45) is 5.41 Å². The molecule has 1 amide bonds. The van der Waals surface area contributed by atoms with Gasteiger partial charge < -0.3 is 10.1 Å². The van der Waals surface area contributed by atoms with Gasteiger partial charge in [-0.05, 0) is 70.1 Å². The Morgan fingerprint density at radius 2 is 1.80 bits per heavy atom. The van der Waals surface area contributed by atoms with Gasteiger partial charge in [0.15, 0.2) is 0 Å². The van der Waals surface area contributed by atoms with Gasteiger partial charge in [0.25, 0.3) is 5.91 Å². The van der Waals surface area contributed by atoms with Crippen molar-refractivity contribution in [1.29, 1.82) is 0 Å². The van der Waals surface area contributed by atoms with Gasteiger partial charge in [-0.15, -0.1) is 0 Å². The molecule has 0 atom stereocenters. The Morgan fingerprint density at radius 1 is 1.06 bits per heavy atom. The molecule has 3 saturated carbocycles. The van der Waals surface area contributed by atoms with Gasteiger partial charge in [-0.3, -0.25) is 9.59 Å². The number of esters is 1. The van der Waals surface area contributed by atoms with E-state index < -0.39 is 5.41 Å². The summed E-state index contributed by atoms with van der Waals surface area (Å²) >= 11 is 10.4. The average molecular weight is 556 g/mol. The average Bonchev–Trinajstić information content (AvgIpc) is 3.15. The molecular formula is C28H28BrClN2O3. The molecule has 2 aromatic carbocycles. The molecule has 6 rings (SSSR count). The number of rotatable bonds is 5. The highest BCUT2D eigenvalue weighted by Crippen LogP contribution is 2.51. The lowest BCUT2D eigenvalue weighted by molar-refractivity contribution is -0.158. The number of amides is 1. The summed E-state index contributed by atoms with van der Waals surface area (Å²) in [6.07, 6.45) is 5.52. The number of carbonyl (C=O) groups excluding carboxylic acids is 2. The second kappa shape index (κ2) is 9.55. The zero-order chi connectivity index (χ0) is 24.6. The van der Waals surface area contributed by atoms with E-state index in [9.17, 15) is 9.59 Å². The van der Waals surface area contributed by atoms with Crippen LogP contribution in [0.5, 0.6) is 0 Å². The van der Waals surface area contributed by atoms with E-state index in [0.717, 1.165) is 55.0 Å². The number of hydrogen-bond donors (Lipinski definition) is 1. The number of benzene rings is 2. The smallest absolute Gasteiger partial charge is 0.312 e. The van der Waals surface area contributed by atoms with E-state index in [4.69, 9.17) is 21.3 Å². The van der Waals surface area contributed by atoms with E-state index in [0.29, 0.717) is 33.8 Å². The highest BCUT2D eigenvalue weighted by molar-refractivity contribution is 9.10. The van der Waals surface area contributed by atoms with Gasteiger partial charge in [0.1, 0.15) is 0 Å². The molecule has 0 radical (unpaired) electrons. The van der Waals surface area contributed by atoms with Crippen LogP contribution in [0.1, 0.15) is 62.2 Å². The lowest BCUT2D eigenvalue weighted by Crippen LogP contribution is -2.51. The third-order valence-corrected chi connectivity index (χ3v) is 8.59. The van der Waals surface area contributed by atoms with Gasteiger partial charge in [-0.1, -0.05) is 57.9 Å². The molecule has 0 aliphatic heterocycles. The van der Waals surface area contributed by atoms with Crippen LogP contribution in [0.3, 0.4) is 0 Å². The molecule has 3 aliphatic rings. The number of pyridine rings is 1. The number of hydrogen-bond acceptors (Lipinski definition) is 4. The van der Waals surface area contributed by atoms with Crippen molar-refractivity contribution in [2.45, 2.75) is 57.4 Å². The van der Waals surface area contributed by atoms with Gasteiger partial charge in [0.05, 0.1) is 33.8 Å². The number of fused-ring (bicyclic) bond motifs is 5. The predicted molar refractivity (Wildman–Crippen MR) is 141 cm³/mol. The number of carbonyl (C=O) groups is 2. The van der Waals surface area contributed by atoms with Crippen molar-refractivity contribution in [3.63, 3.8) is 0 Å². The van der Waals surface area contributed by atoms with E-state index in [1.165, 1.54) is 0 Å². The van der Waals surface area contributed by atoms with Crippen LogP contribution in [0.25, 0.3) is 22.2 Å². The largest absolute Gasteiger partial charge is 0.466 e. The standard InChI is InChI=1S/C28H28BrClN2O3/c1-2-35-26(34)27-11-6-12-28(15-13-27,16-14-27)32-25(33)22-20-17-19(29)9-10-21(20)31-24(23(22)30)18-7-4-3-5-8-18/h3-5,7-10,17H,2,6,11-16H2,1H3,(H,32,33). The molecule has 5 nitrogen and oxygen atoms in total. The Bertz CT molecular complexity index is 1290. The van der Waals surface area contributed by atoms with Crippen LogP contribution in [-0.2, 0) is 9.53 Å². The van der Waals surface area contributed by atoms with E-state index in [2.05, 4.69) is 21.2 Å². The maximum atomic E-state index is 13.9. The summed E-state index contributed by atoms with van der Waals surface area (Å²) in [7, 11) is 0. The highest BCUT2D eigenvalue weighted by atomic mass is 79.9. The Kier molecular flexibility index (Phi) is 6.62. The minimum atomic E-state index is -0.410. The molecular weight excluding hydrogens is 528 g/mol. The van der Waals surface area contributed by atoms with E-state index in [1.54, 1.807) is 0 Å². The minimum absolute atomic E-state index is 0.0812. The minimum Gasteiger partial charge on any atom is -0.466 e. The summed E-state index contributed by atoms with van der Waals surface area (Å²) in [5.74, 6) is -0.273. The normalized spacial score (nSPS) is 23.6. The monoisotopic (exact) mass is 554 g/mol. The molecule has 0 unspecified atom stereocenters. The Hall–Kier alpha value is -2.44. The maximum absolute atomic E-state index is 13.9. The number of aromatic nitrogens is 1. The Balaban J connectivity index is 1.51. The summed E-state index contributed by atoms with van der Waals surface area (Å²) < 4.78 is 6.27. The molecule has 2 bridgehead atoms. The van der Waals surface area contributed by atoms with E-state index in [-0.39, 0.29) is 17.4 Å². The van der Waals surface area contributed by atoms with Gasteiger partial charge >= 0.3 is 5.97 Å². The van der Waals surface area contributed by atoms with Gasteiger partial charge in [-0.25, -0.2) is 4.98 Å². The quantitative estimate of drug-likeness (QED) is 0.341. The molecule has 3 fully saturated rings. The first-order chi connectivity index (χ1) is 16.9. The summed E-state index contributed by atoms with van der Waals surface area (Å²) in [5.41, 5.74) is 1.85. The SMILES string of the molecule is CCOC(=O)C12CCCC(NC(=O)c3c(Cl)c(-c4ccccc4)nc4ccc(Br)cc34)(CC1)CC2. The predicted octanol–water partition coefficient (Wildman–Crippen LogP) is 7.09. The van der Waals surface area contributed by atoms with Crippen molar-refractivity contribution in [3.05, 3.63) is 63.6 Å². The molecule has 7 heteroatoms. The Morgan fingerprint density at radius 3 is 2.51 bits per heavy atom. The molecule has 35 heavy (non-hydrogen) atoms. The maximum Gasteiger partial charge on any atom is 0.312 e. The molecule has 1 aromatic heterocycles. The number of nitrogens with one attached hydrogen (secondary N) is 1. The number of nitrogens with zero attached hydrogens (tertiary/aromatic N) is 1. The molecule has 1 N–H and O–H groups in total. The zero-order valence-corrected chi connectivity index (χ0v) is 22.0.